The predicted molar refractivity (Wildman–Crippen MR) is 67.1 cm³/mol. The fourth-order valence-electron chi connectivity index (χ4n) is 1.81. The second-order valence-electron chi connectivity index (χ2n) is 5.44. The van der Waals surface area contributed by atoms with E-state index in [4.69, 9.17) is 9.47 Å². The molecule has 0 aromatic heterocycles. The van der Waals surface area contributed by atoms with Gasteiger partial charge in [-0.2, -0.15) is 0 Å². The second kappa shape index (κ2) is 5.25. The van der Waals surface area contributed by atoms with E-state index in [-0.39, 0.29) is 11.7 Å². The van der Waals surface area contributed by atoms with E-state index in [0.29, 0.717) is 0 Å². The van der Waals surface area contributed by atoms with Gasteiger partial charge >= 0.3 is 6.09 Å². The topological polar surface area (TPSA) is 42.1 Å². The summed E-state index contributed by atoms with van der Waals surface area (Å²) in [5, 5.41) is 0. The van der Waals surface area contributed by atoms with Gasteiger partial charge in [0.15, 0.2) is 0 Å². The van der Waals surface area contributed by atoms with Crippen molar-refractivity contribution in [3.8, 4) is 0 Å². The lowest BCUT2D eigenvalue weighted by molar-refractivity contribution is 0.0165. The van der Waals surface area contributed by atoms with Gasteiger partial charge in [0, 0.05) is 13.1 Å². The number of hydrogen-bond acceptors (Lipinski definition) is 3. The molecule has 2 fully saturated rings. The Hall–Kier alpha value is -0.770. The third-order valence-electron chi connectivity index (χ3n) is 2.88. The molecule has 2 aliphatic heterocycles. The Labute approximate surface area is 104 Å². The molecular formula is C13H25NO3. The van der Waals surface area contributed by atoms with Crippen molar-refractivity contribution in [3.05, 3.63) is 0 Å². The molecule has 0 radical (unpaired) electrons. The third kappa shape index (κ3) is 4.19. The number of epoxide rings is 1. The SMILES string of the molecule is CC.CC(C)(C)OC(=O)N1CCC2(CC1)CO2. The molecule has 100 valence electrons. The van der Waals surface area contributed by atoms with Crippen LogP contribution in [-0.2, 0) is 9.47 Å². The van der Waals surface area contributed by atoms with Crippen LogP contribution in [0.25, 0.3) is 0 Å². The molecule has 2 rings (SSSR count). The molecule has 0 aromatic rings. The standard InChI is InChI=1S/C11H19NO3.C2H6/c1-10(2,3)15-9(13)12-6-4-11(5-7-12)8-14-11;1-2/h4-8H2,1-3H3;1-2H3. The van der Waals surface area contributed by atoms with Crippen molar-refractivity contribution >= 4 is 6.09 Å². The number of likely N-dealkylation sites (tertiary alicyclic amines) is 1. The highest BCUT2D eigenvalue weighted by atomic mass is 16.6. The Morgan fingerprint density at radius 3 is 2.06 bits per heavy atom. The average Bonchev–Trinajstić information content (AvgIpc) is 2.99. The number of carbonyl (C=O) groups is 1. The molecule has 0 saturated carbocycles. The lowest BCUT2D eigenvalue weighted by atomic mass is 9.98. The Balaban J connectivity index is 0.000000686. The minimum Gasteiger partial charge on any atom is -0.444 e. The third-order valence-corrected chi connectivity index (χ3v) is 2.88. The minimum atomic E-state index is -0.400. The van der Waals surface area contributed by atoms with E-state index in [1.807, 2.05) is 34.6 Å². The normalized spacial score (nSPS) is 21.6. The van der Waals surface area contributed by atoms with Crippen molar-refractivity contribution in [1.82, 2.24) is 4.90 Å². The summed E-state index contributed by atoms with van der Waals surface area (Å²) in [5.74, 6) is 0. The smallest absolute Gasteiger partial charge is 0.410 e. The first-order valence-corrected chi connectivity index (χ1v) is 6.52. The summed E-state index contributed by atoms with van der Waals surface area (Å²) in [4.78, 5) is 13.5. The van der Waals surface area contributed by atoms with Crippen LogP contribution in [-0.4, -0.2) is 41.9 Å². The number of hydrogen-bond donors (Lipinski definition) is 0. The van der Waals surface area contributed by atoms with Gasteiger partial charge in [0.2, 0.25) is 0 Å². The fraction of sp³-hybridized carbons (Fsp3) is 0.923. The highest BCUT2D eigenvalue weighted by Gasteiger charge is 2.47. The lowest BCUT2D eigenvalue weighted by Crippen LogP contribution is -2.43. The highest BCUT2D eigenvalue weighted by Crippen LogP contribution is 2.37. The summed E-state index contributed by atoms with van der Waals surface area (Å²) in [7, 11) is 0. The summed E-state index contributed by atoms with van der Waals surface area (Å²) >= 11 is 0. The van der Waals surface area contributed by atoms with Crippen molar-refractivity contribution in [3.63, 3.8) is 0 Å². The number of rotatable bonds is 0. The van der Waals surface area contributed by atoms with Crippen molar-refractivity contribution in [1.29, 1.82) is 0 Å². The molecule has 4 nitrogen and oxygen atoms in total. The first-order valence-electron chi connectivity index (χ1n) is 6.52. The molecule has 1 spiro atoms. The quantitative estimate of drug-likeness (QED) is 0.614. The van der Waals surface area contributed by atoms with E-state index in [2.05, 4.69) is 0 Å². The van der Waals surface area contributed by atoms with Crippen LogP contribution in [0.1, 0.15) is 47.5 Å². The highest BCUT2D eigenvalue weighted by molar-refractivity contribution is 5.68. The molecule has 17 heavy (non-hydrogen) atoms. The van der Waals surface area contributed by atoms with E-state index >= 15 is 0 Å². The Morgan fingerprint density at radius 1 is 1.24 bits per heavy atom. The van der Waals surface area contributed by atoms with E-state index in [0.717, 1.165) is 32.5 Å². The summed E-state index contributed by atoms with van der Waals surface area (Å²) < 4.78 is 10.7. The molecule has 0 unspecified atom stereocenters. The van der Waals surface area contributed by atoms with Crippen molar-refractivity contribution in [2.75, 3.05) is 19.7 Å². The summed E-state index contributed by atoms with van der Waals surface area (Å²) in [6.07, 6.45) is 1.70. The number of carbonyl (C=O) groups excluding carboxylic acids is 1. The van der Waals surface area contributed by atoms with Crippen molar-refractivity contribution in [2.24, 2.45) is 0 Å². The average molecular weight is 243 g/mol. The van der Waals surface area contributed by atoms with Gasteiger partial charge in [0.1, 0.15) is 5.60 Å². The van der Waals surface area contributed by atoms with Crippen LogP contribution in [0, 0.1) is 0 Å². The van der Waals surface area contributed by atoms with Gasteiger partial charge in [-0.05, 0) is 33.6 Å². The summed E-state index contributed by atoms with van der Waals surface area (Å²) in [6.45, 7) is 12.1. The minimum absolute atomic E-state index is 0.124. The molecule has 2 aliphatic rings. The molecule has 0 aromatic carbocycles. The molecule has 0 aliphatic carbocycles. The Morgan fingerprint density at radius 2 is 1.71 bits per heavy atom. The molecule has 2 saturated heterocycles. The van der Waals surface area contributed by atoms with E-state index < -0.39 is 5.60 Å². The zero-order valence-corrected chi connectivity index (χ0v) is 11.7. The van der Waals surface area contributed by atoms with Crippen molar-refractivity contribution < 1.29 is 14.3 Å². The molecule has 1 amide bonds. The maximum absolute atomic E-state index is 11.7. The predicted octanol–water partition coefficient (Wildman–Crippen LogP) is 2.81. The zero-order valence-electron chi connectivity index (χ0n) is 11.7. The van der Waals surface area contributed by atoms with Crippen LogP contribution in [0.15, 0.2) is 0 Å². The van der Waals surface area contributed by atoms with Crippen LogP contribution in [0.5, 0.6) is 0 Å². The molecule has 2 heterocycles. The van der Waals surface area contributed by atoms with E-state index in [1.165, 1.54) is 0 Å². The largest absolute Gasteiger partial charge is 0.444 e. The van der Waals surface area contributed by atoms with Gasteiger partial charge in [-0.25, -0.2) is 4.79 Å². The zero-order chi connectivity index (χ0) is 13.1. The van der Waals surface area contributed by atoms with Gasteiger partial charge in [0.25, 0.3) is 0 Å². The van der Waals surface area contributed by atoms with Gasteiger partial charge in [-0.1, -0.05) is 13.8 Å². The molecule has 4 heteroatoms. The molecule has 0 atom stereocenters. The number of ether oxygens (including phenoxy) is 2. The molecule has 0 bridgehead atoms. The maximum Gasteiger partial charge on any atom is 0.410 e. The molecular weight excluding hydrogens is 218 g/mol. The number of piperidine rings is 1. The van der Waals surface area contributed by atoms with Gasteiger partial charge in [-0.3, -0.25) is 0 Å². The van der Waals surface area contributed by atoms with Crippen LogP contribution in [0.2, 0.25) is 0 Å². The van der Waals surface area contributed by atoms with Crippen LogP contribution in [0.3, 0.4) is 0 Å². The van der Waals surface area contributed by atoms with Crippen molar-refractivity contribution in [2.45, 2.75) is 58.7 Å². The summed E-state index contributed by atoms with van der Waals surface area (Å²) in [6, 6.07) is 0. The van der Waals surface area contributed by atoms with Gasteiger partial charge < -0.3 is 14.4 Å². The lowest BCUT2D eigenvalue weighted by Gasteiger charge is -2.32. The maximum atomic E-state index is 11.7. The first-order chi connectivity index (χ1) is 7.90. The molecule has 0 N–H and O–H groups in total. The Bertz CT molecular complexity index is 256. The number of nitrogens with zero attached hydrogens (tertiary/aromatic N) is 1. The van der Waals surface area contributed by atoms with Crippen LogP contribution in [0.4, 0.5) is 4.79 Å². The van der Waals surface area contributed by atoms with Gasteiger partial charge in [0.05, 0.1) is 12.2 Å². The monoisotopic (exact) mass is 243 g/mol. The van der Waals surface area contributed by atoms with E-state index in [9.17, 15) is 4.79 Å². The first kappa shape index (κ1) is 14.3. The number of amides is 1. The Kier molecular flexibility index (Phi) is 4.42. The van der Waals surface area contributed by atoms with Gasteiger partial charge in [-0.15, -0.1) is 0 Å². The van der Waals surface area contributed by atoms with E-state index in [1.54, 1.807) is 4.90 Å². The summed E-state index contributed by atoms with van der Waals surface area (Å²) in [5.41, 5.74) is -0.277. The van der Waals surface area contributed by atoms with Crippen LogP contribution < -0.4 is 0 Å². The van der Waals surface area contributed by atoms with Crippen LogP contribution >= 0.6 is 0 Å². The second-order valence-corrected chi connectivity index (χ2v) is 5.44. The fourth-order valence-corrected chi connectivity index (χ4v) is 1.81.